The van der Waals surface area contributed by atoms with E-state index in [2.05, 4.69) is 30.9 Å². The Morgan fingerprint density at radius 3 is 2.52 bits per heavy atom. The number of nitrogens with zero attached hydrogens (tertiary/aromatic N) is 3. The van der Waals surface area contributed by atoms with Crippen LogP contribution in [0.3, 0.4) is 0 Å². The fourth-order valence-electron chi connectivity index (χ4n) is 4.27. The molecule has 0 aliphatic carbocycles. The molecule has 3 heterocycles. The van der Waals surface area contributed by atoms with Crippen LogP contribution in [0.25, 0.3) is 5.52 Å². The molecule has 0 unspecified atom stereocenters. The maximum atomic E-state index is 12.2. The van der Waals surface area contributed by atoms with Gasteiger partial charge in [-0.25, -0.2) is 9.50 Å². The summed E-state index contributed by atoms with van der Waals surface area (Å²) in [4.78, 5) is 4.05. The highest BCUT2D eigenvalue weighted by Gasteiger charge is 2.66. The average Bonchev–Trinajstić information content (AvgIpc) is 3.32. The van der Waals surface area contributed by atoms with E-state index in [4.69, 9.17) is 24.7 Å². The first-order chi connectivity index (χ1) is 15.9. The molecule has 9 heteroatoms. The highest BCUT2D eigenvalue weighted by molar-refractivity contribution is 5.65. The third-order valence-corrected chi connectivity index (χ3v) is 6.32. The van der Waals surface area contributed by atoms with E-state index < -0.39 is 23.6 Å². The number of nitrogens with two attached hydrogens (primary N) is 1. The van der Waals surface area contributed by atoms with Crippen LogP contribution in [0.4, 0.5) is 5.82 Å². The second kappa shape index (κ2) is 11.6. The molecule has 0 amide bonds. The number of rotatable bonds is 14. The lowest BCUT2D eigenvalue weighted by molar-refractivity contribution is -0.291. The van der Waals surface area contributed by atoms with Gasteiger partial charge < -0.3 is 29.8 Å². The Balaban J connectivity index is 2.01. The molecule has 2 aromatic heterocycles. The van der Waals surface area contributed by atoms with Gasteiger partial charge in [-0.15, -0.1) is 0 Å². The minimum Gasteiger partial charge on any atom is -0.382 e. The number of fused-ring (bicyclic) bond motifs is 1. The second-order valence-electron chi connectivity index (χ2n) is 8.84. The van der Waals surface area contributed by atoms with Crippen molar-refractivity contribution in [1.29, 1.82) is 0 Å². The molecule has 3 N–H and O–H groups in total. The number of hydrogen-bond acceptors (Lipinski definition) is 8. The molecule has 0 aromatic carbocycles. The summed E-state index contributed by atoms with van der Waals surface area (Å²) < 4.78 is 26.6. The number of anilines is 1. The summed E-state index contributed by atoms with van der Waals surface area (Å²) in [6.07, 6.45) is 6.05. The molecule has 1 fully saturated rings. The normalized spacial score (nSPS) is 27.5. The Morgan fingerprint density at radius 2 is 1.79 bits per heavy atom. The van der Waals surface area contributed by atoms with Crippen LogP contribution >= 0.6 is 0 Å². The first kappa shape index (κ1) is 25.8. The summed E-state index contributed by atoms with van der Waals surface area (Å²) in [6, 6.07) is 3.53. The quantitative estimate of drug-likeness (QED) is 0.409. The van der Waals surface area contributed by atoms with Crippen molar-refractivity contribution < 1.29 is 24.1 Å². The summed E-state index contributed by atoms with van der Waals surface area (Å²) >= 11 is 0. The fraction of sp³-hybridized carbons (Fsp3) is 0.750. The molecule has 1 aliphatic rings. The Labute approximate surface area is 196 Å². The lowest BCUT2D eigenvalue weighted by atomic mass is 9.87. The van der Waals surface area contributed by atoms with E-state index in [1.807, 2.05) is 6.92 Å². The van der Waals surface area contributed by atoms with Crippen molar-refractivity contribution in [3.63, 3.8) is 0 Å². The van der Waals surface area contributed by atoms with Gasteiger partial charge in [0, 0.05) is 19.8 Å². The SMILES string of the molecule is CCCCOC[C@H]1O[C@@](O)(c2ccc3c(N)ncnn23)[C@](C)(OCCCC)[C@@H]1OCCCC. The molecule has 0 radical (unpaired) electrons. The summed E-state index contributed by atoms with van der Waals surface area (Å²) in [7, 11) is 0. The molecule has 0 bridgehead atoms. The Bertz CT molecular complexity index is 878. The van der Waals surface area contributed by atoms with Crippen molar-refractivity contribution >= 4 is 11.3 Å². The van der Waals surface area contributed by atoms with Gasteiger partial charge >= 0.3 is 0 Å². The van der Waals surface area contributed by atoms with Crippen molar-refractivity contribution in [3.05, 3.63) is 24.2 Å². The number of aromatic nitrogens is 3. The van der Waals surface area contributed by atoms with Crippen LogP contribution in [0.2, 0.25) is 0 Å². The Kier molecular flexibility index (Phi) is 9.06. The van der Waals surface area contributed by atoms with Gasteiger partial charge in [-0.2, -0.15) is 5.10 Å². The first-order valence-electron chi connectivity index (χ1n) is 12.2. The fourth-order valence-corrected chi connectivity index (χ4v) is 4.27. The van der Waals surface area contributed by atoms with Crippen molar-refractivity contribution in [1.82, 2.24) is 14.6 Å². The second-order valence-corrected chi connectivity index (χ2v) is 8.84. The van der Waals surface area contributed by atoms with E-state index in [0.717, 1.165) is 38.5 Å². The molecule has 0 saturated carbocycles. The van der Waals surface area contributed by atoms with Crippen molar-refractivity contribution in [2.24, 2.45) is 0 Å². The van der Waals surface area contributed by atoms with Gasteiger partial charge in [0.1, 0.15) is 29.7 Å². The van der Waals surface area contributed by atoms with Gasteiger partial charge in [0.25, 0.3) is 0 Å². The van der Waals surface area contributed by atoms with Crippen LogP contribution in [0.15, 0.2) is 18.5 Å². The van der Waals surface area contributed by atoms with Gasteiger partial charge in [0.2, 0.25) is 5.79 Å². The molecule has 186 valence electrons. The zero-order chi connectivity index (χ0) is 23.9. The first-order valence-corrected chi connectivity index (χ1v) is 12.2. The molecule has 0 spiro atoms. The van der Waals surface area contributed by atoms with Gasteiger partial charge in [0.15, 0.2) is 11.4 Å². The van der Waals surface area contributed by atoms with Gasteiger partial charge in [0.05, 0.1) is 6.61 Å². The van der Waals surface area contributed by atoms with Crippen LogP contribution in [-0.2, 0) is 24.7 Å². The lowest BCUT2D eigenvalue weighted by Crippen LogP contribution is -2.56. The maximum absolute atomic E-state index is 12.2. The molecular formula is C24H40N4O5. The summed E-state index contributed by atoms with van der Waals surface area (Å²) in [5.74, 6) is -1.51. The zero-order valence-electron chi connectivity index (χ0n) is 20.5. The highest BCUT2D eigenvalue weighted by atomic mass is 16.7. The largest absolute Gasteiger partial charge is 0.382 e. The van der Waals surface area contributed by atoms with Crippen LogP contribution < -0.4 is 5.73 Å². The molecule has 33 heavy (non-hydrogen) atoms. The molecule has 1 aliphatic heterocycles. The predicted octanol–water partition coefficient (Wildman–Crippen LogP) is 3.43. The van der Waals surface area contributed by atoms with E-state index in [1.54, 1.807) is 16.6 Å². The van der Waals surface area contributed by atoms with Crippen molar-refractivity contribution in [2.45, 2.75) is 89.8 Å². The predicted molar refractivity (Wildman–Crippen MR) is 126 cm³/mol. The van der Waals surface area contributed by atoms with E-state index >= 15 is 0 Å². The Hall–Kier alpha value is -1.78. The van der Waals surface area contributed by atoms with Gasteiger partial charge in [-0.05, 0) is 38.3 Å². The standard InChI is InChI=1S/C24H40N4O5/c1-5-8-13-30-16-19-21(31-14-9-6-2)23(4,32-15-10-7-3)24(29,33-19)20-12-11-18-22(25)26-17-27-28(18)20/h11-12,17,19,21,29H,5-10,13-16H2,1-4H3,(H2,25,26,27)/t19-,21-,23-,24+/m1/s1. The van der Waals surface area contributed by atoms with Gasteiger partial charge in [-0.1, -0.05) is 40.0 Å². The molecule has 3 rings (SSSR count). The Morgan fingerprint density at radius 1 is 1.09 bits per heavy atom. The van der Waals surface area contributed by atoms with Crippen LogP contribution in [0.5, 0.6) is 0 Å². The number of unbranched alkanes of at least 4 members (excludes halogenated alkanes) is 3. The maximum Gasteiger partial charge on any atom is 0.243 e. The average molecular weight is 465 g/mol. The molecule has 1 saturated heterocycles. The number of aliphatic hydroxyl groups is 1. The number of ether oxygens (including phenoxy) is 4. The summed E-state index contributed by atoms with van der Waals surface area (Å²) in [5, 5.41) is 16.5. The lowest BCUT2D eigenvalue weighted by Gasteiger charge is -2.40. The van der Waals surface area contributed by atoms with E-state index in [-0.39, 0.29) is 0 Å². The number of hydrogen-bond donors (Lipinski definition) is 2. The molecular weight excluding hydrogens is 424 g/mol. The van der Waals surface area contributed by atoms with E-state index in [0.29, 0.717) is 43.5 Å². The van der Waals surface area contributed by atoms with Crippen molar-refractivity contribution in [3.8, 4) is 0 Å². The molecule has 4 atom stereocenters. The third-order valence-electron chi connectivity index (χ3n) is 6.32. The van der Waals surface area contributed by atoms with E-state index in [1.165, 1.54) is 6.33 Å². The van der Waals surface area contributed by atoms with Crippen LogP contribution in [0, 0.1) is 0 Å². The third kappa shape index (κ3) is 5.17. The van der Waals surface area contributed by atoms with Crippen molar-refractivity contribution in [2.75, 3.05) is 32.2 Å². The summed E-state index contributed by atoms with van der Waals surface area (Å²) in [6.45, 7) is 10.1. The number of nitrogen functional groups attached to an aromatic ring is 1. The molecule has 2 aromatic rings. The minimum absolute atomic E-state index is 0.298. The van der Waals surface area contributed by atoms with Crippen LogP contribution in [-0.4, -0.2) is 63.9 Å². The smallest absolute Gasteiger partial charge is 0.243 e. The summed E-state index contributed by atoms with van der Waals surface area (Å²) in [5.41, 5.74) is 5.86. The molecule has 9 nitrogen and oxygen atoms in total. The highest BCUT2D eigenvalue weighted by Crippen LogP contribution is 2.49. The zero-order valence-corrected chi connectivity index (χ0v) is 20.5. The minimum atomic E-state index is -1.83. The monoisotopic (exact) mass is 464 g/mol. The van der Waals surface area contributed by atoms with E-state index in [9.17, 15) is 5.11 Å². The topological polar surface area (TPSA) is 113 Å². The van der Waals surface area contributed by atoms with Crippen LogP contribution in [0.1, 0.15) is 71.9 Å². The van der Waals surface area contributed by atoms with Gasteiger partial charge in [-0.3, -0.25) is 0 Å².